The van der Waals surface area contributed by atoms with Crippen LogP contribution in [0.5, 0.6) is 0 Å². The van der Waals surface area contributed by atoms with E-state index in [1.165, 1.54) is 0 Å². The number of amides is 1. The Morgan fingerprint density at radius 2 is 2.14 bits per heavy atom. The van der Waals surface area contributed by atoms with Crippen LogP contribution < -0.4 is 5.32 Å². The number of aromatic nitrogens is 2. The summed E-state index contributed by atoms with van der Waals surface area (Å²) in [6.45, 7) is 10.8. The maximum atomic E-state index is 12.3. The molecule has 0 aromatic carbocycles. The summed E-state index contributed by atoms with van der Waals surface area (Å²) in [7, 11) is 0. The van der Waals surface area contributed by atoms with Gasteiger partial charge in [0.2, 0.25) is 5.91 Å². The molecule has 0 radical (unpaired) electrons. The molecule has 5 heteroatoms. The van der Waals surface area contributed by atoms with E-state index in [9.17, 15) is 4.79 Å². The summed E-state index contributed by atoms with van der Waals surface area (Å²) >= 11 is 0. The van der Waals surface area contributed by atoms with E-state index in [0.717, 1.165) is 43.9 Å². The molecule has 2 heterocycles. The molecule has 1 aromatic heterocycles. The Kier molecular flexibility index (Phi) is 6.00. The minimum atomic E-state index is -0.00282. The Balaban J connectivity index is 1.80. The molecule has 22 heavy (non-hydrogen) atoms. The topological polar surface area (TPSA) is 61.0 Å². The summed E-state index contributed by atoms with van der Waals surface area (Å²) in [5.41, 5.74) is 1.03. The molecule has 1 atom stereocenters. The lowest BCUT2D eigenvalue weighted by Gasteiger charge is -2.34. The lowest BCUT2D eigenvalue weighted by molar-refractivity contribution is -0.123. The van der Waals surface area contributed by atoms with Crippen LogP contribution >= 0.6 is 0 Å². The highest BCUT2D eigenvalue weighted by Gasteiger charge is 2.24. The number of rotatable bonds is 6. The summed E-state index contributed by atoms with van der Waals surface area (Å²) < 4.78 is 0. The second-order valence-electron chi connectivity index (χ2n) is 6.76. The molecule has 1 aliphatic rings. The van der Waals surface area contributed by atoms with Gasteiger partial charge in [-0.1, -0.05) is 6.92 Å². The van der Waals surface area contributed by atoms with E-state index < -0.39 is 0 Å². The van der Waals surface area contributed by atoms with E-state index >= 15 is 0 Å². The zero-order valence-electron chi connectivity index (χ0n) is 14.4. The molecular formula is C17H30N4O. The first-order chi connectivity index (χ1) is 10.5. The van der Waals surface area contributed by atoms with Gasteiger partial charge in [-0.3, -0.25) is 4.79 Å². The standard InChI is InChI=1S/C17H30N4O/c1-5-15(17-18-11-13(4)19-17)20-16(22)10-14-6-8-21(9-7-14)12(2)3/h11-12,14-15H,5-10H2,1-4H3,(H,18,19)(H,20,22)/t15-/m1/s1. The lowest BCUT2D eigenvalue weighted by atomic mass is 9.92. The fraction of sp³-hybridized carbons (Fsp3) is 0.765. The van der Waals surface area contributed by atoms with Gasteiger partial charge in [-0.05, 0) is 59.0 Å². The Hall–Kier alpha value is -1.36. The second kappa shape index (κ2) is 7.77. The summed E-state index contributed by atoms with van der Waals surface area (Å²) in [6.07, 6.45) is 5.56. The van der Waals surface area contributed by atoms with E-state index in [1.807, 2.05) is 13.1 Å². The molecule has 124 valence electrons. The number of likely N-dealkylation sites (tertiary alicyclic amines) is 1. The molecule has 1 amide bonds. The number of imidazole rings is 1. The number of carbonyl (C=O) groups is 1. The van der Waals surface area contributed by atoms with E-state index in [2.05, 4.69) is 41.0 Å². The molecule has 0 aliphatic carbocycles. The number of carbonyl (C=O) groups excluding carboxylic acids is 1. The van der Waals surface area contributed by atoms with Crippen LogP contribution in [0.25, 0.3) is 0 Å². The normalized spacial score (nSPS) is 18.6. The van der Waals surface area contributed by atoms with Gasteiger partial charge in [-0.25, -0.2) is 4.98 Å². The molecule has 1 fully saturated rings. The van der Waals surface area contributed by atoms with Gasteiger partial charge in [-0.15, -0.1) is 0 Å². The van der Waals surface area contributed by atoms with Crippen molar-refractivity contribution in [2.45, 2.75) is 65.5 Å². The van der Waals surface area contributed by atoms with E-state index in [0.29, 0.717) is 18.4 Å². The van der Waals surface area contributed by atoms with Crippen molar-refractivity contribution in [3.05, 3.63) is 17.7 Å². The Morgan fingerprint density at radius 3 is 2.64 bits per heavy atom. The number of hydrogen-bond donors (Lipinski definition) is 2. The van der Waals surface area contributed by atoms with Crippen LogP contribution in [0.4, 0.5) is 0 Å². The van der Waals surface area contributed by atoms with Crippen molar-refractivity contribution in [3.8, 4) is 0 Å². The Bertz CT molecular complexity index is 475. The molecule has 1 aromatic rings. The fourth-order valence-electron chi connectivity index (χ4n) is 3.16. The monoisotopic (exact) mass is 306 g/mol. The minimum Gasteiger partial charge on any atom is -0.346 e. The van der Waals surface area contributed by atoms with Gasteiger partial charge in [0.1, 0.15) is 5.82 Å². The molecule has 0 saturated carbocycles. The molecule has 2 N–H and O–H groups in total. The largest absolute Gasteiger partial charge is 0.346 e. The smallest absolute Gasteiger partial charge is 0.220 e. The average Bonchev–Trinajstić information content (AvgIpc) is 2.91. The van der Waals surface area contributed by atoms with Crippen LogP contribution in [-0.2, 0) is 4.79 Å². The Labute approximate surface area is 133 Å². The van der Waals surface area contributed by atoms with Crippen LogP contribution in [0.1, 0.15) is 64.0 Å². The average molecular weight is 306 g/mol. The van der Waals surface area contributed by atoms with Crippen molar-refractivity contribution in [1.29, 1.82) is 0 Å². The second-order valence-corrected chi connectivity index (χ2v) is 6.76. The summed E-state index contributed by atoms with van der Waals surface area (Å²) in [5.74, 6) is 1.54. The highest BCUT2D eigenvalue weighted by Crippen LogP contribution is 2.22. The lowest BCUT2D eigenvalue weighted by Crippen LogP contribution is -2.40. The van der Waals surface area contributed by atoms with Crippen molar-refractivity contribution in [2.75, 3.05) is 13.1 Å². The molecule has 2 rings (SSSR count). The molecular weight excluding hydrogens is 276 g/mol. The zero-order chi connectivity index (χ0) is 16.1. The molecule has 0 spiro atoms. The van der Waals surface area contributed by atoms with Crippen LogP contribution in [-0.4, -0.2) is 39.9 Å². The summed E-state index contributed by atoms with van der Waals surface area (Å²) in [6, 6.07) is 0.610. The molecule has 5 nitrogen and oxygen atoms in total. The Morgan fingerprint density at radius 1 is 1.45 bits per heavy atom. The molecule has 1 saturated heterocycles. The van der Waals surface area contributed by atoms with Gasteiger partial charge in [0, 0.05) is 24.4 Å². The third-order valence-corrected chi connectivity index (χ3v) is 4.65. The fourth-order valence-corrected chi connectivity index (χ4v) is 3.16. The zero-order valence-corrected chi connectivity index (χ0v) is 14.4. The van der Waals surface area contributed by atoms with E-state index in [4.69, 9.17) is 0 Å². The maximum Gasteiger partial charge on any atom is 0.220 e. The van der Waals surface area contributed by atoms with Crippen molar-refractivity contribution >= 4 is 5.91 Å². The van der Waals surface area contributed by atoms with Crippen LogP contribution in [0.3, 0.4) is 0 Å². The molecule has 1 aliphatic heterocycles. The molecule has 0 unspecified atom stereocenters. The van der Waals surface area contributed by atoms with Crippen LogP contribution in [0, 0.1) is 12.8 Å². The number of aryl methyl sites for hydroxylation is 1. The predicted molar refractivity (Wildman–Crippen MR) is 88.5 cm³/mol. The van der Waals surface area contributed by atoms with Crippen LogP contribution in [0.15, 0.2) is 6.20 Å². The van der Waals surface area contributed by atoms with Gasteiger partial charge < -0.3 is 15.2 Å². The van der Waals surface area contributed by atoms with Crippen molar-refractivity contribution in [1.82, 2.24) is 20.2 Å². The van der Waals surface area contributed by atoms with Gasteiger partial charge in [-0.2, -0.15) is 0 Å². The number of aromatic amines is 1. The third kappa shape index (κ3) is 4.57. The maximum absolute atomic E-state index is 12.3. The van der Waals surface area contributed by atoms with Crippen molar-refractivity contribution in [2.24, 2.45) is 5.92 Å². The first-order valence-corrected chi connectivity index (χ1v) is 8.54. The number of nitrogens with zero attached hydrogens (tertiary/aromatic N) is 2. The number of hydrogen-bond acceptors (Lipinski definition) is 3. The van der Waals surface area contributed by atoms with E-state index in [-0.39, 0.29) is 11.9 Å². The van der Waals surface area contributed by atoms with E-state index in [1.54, 1.807) is 0 Å². The van der Waals surface area contributed by atoms with Crippen LogP contribution in [0.2, 0.25) is 0 Å². The predicted octanol–water partition coefficient (Wildman–Crippen LogP) is 2.80. The summed E-state index contributed by atoms with van der Waals surface area (Å²) in [4.78, 5) is 22.4. The van der Waals surface area contributed by atoms with Gasteiger partial charge >= 0.3 is 0 Å². The van der Waals surface area contributed by atoms with Gasteiger partial charge in [0.25, 0.3) is 0 Å². The highest BCUT2D eigenvalue weighted by atomic mass is 16.1. The summed E-state index contributed by atoms with van der Waals surface area (Å²) in [5, 5.41) is 3.13. The molecule has 0 bridgehead atoms. The SMILES string of the molecule is CC[C@@H](NC(=O)CC1CCN(C(C)C)CC1)c1ncc(C)[nH]1. The first kappa shape index (κ1) is 17.0. The number of piperidine rings is 1. The number of nitrogens with one attached hydrogen (secondary N) is 2. The van der Waals surface area contributed by atoms with Crippen molar-refractivity contribution in [3.63, 3.8) is 0 Å². The quantitative estimate of drug-likeness (QED) is 0.849. The third-order valence-electron chi connectivity index (χ3n) is 4.65. The van der Waals surface area contributed by atoms with Crippen molar-refractivity contribution < 1.29 is 4.79 Å². The highest BCUT2D eigenvalue weighted by molar-refractivity contribution is 5.76. The van der Waals surface area contributed by atoms with Gasteiger partial charge in [0.15, 0.2) is 0 Å². The number of H-pyrrole nitrogens is 1. The minimum absolute atomic E-state index is 0.00282. The van der Waals surface area contributed by atoms with Gasteiger partial charge in [0.05, 0.1) is 6.04 Å². The first-order valence-electron chi connectivity index (χ1n) is 8.54.